The van der Waals surface area contributed by atoms with Crippen LogP contribution in [0, 0.1) is 0 Å². The van der Waals surface area contributed by atoms with E-state index in [2.05, 4.69) is 4.98 Å². The summed E-state index contributed by atoms with van der Waals surface area (Å²) in [5.41, 5.74) is 0.678. The van der Waals surface area contributed by atoms with E-state index < -0.39 is 18.6 Å². The van der Waals surface area contributed by atoms with Crippen molar-refractivity contribution in [3.05, 3.63) is 11.9 Å². The predicted octanol–water partition coefficient (Wildman–Crippen LogP) is 3.14. The number of halogens is 3. The van der Waals surface area contributed by atoms with Crippen LogP contribution in [-0.4, -0.2) is 32.6 Å². The van der Waals surface area contributed by atoms with Gasteiger partial charge in [-0.1, -0.05) is 25.6 Å². The Morgan fingerprint density at radius 2 is 2.16 bits per heavy atom. The van der Waals surface area contributed by atoms with Crippen LogP contribution in [0.3, 0.4) is 0 Å². The highest BCUT2D eigenvalue weighted by Gasteiger charge is 2.28. The summed E-state index contributed by atoms with van der Waals surface area (Å²) in [7, 11) is 0. The molecule has 0 unspecified atom stereocenters. The van der Waals surface area contributed by atoms with Gasteiger partial charge in [-0.25, -0.2) is 4.98 Å². The van der Waals surface area contributed by atoms with Crippen molar-refractivity contribution in [2.45, 2.75) is 44.1 Å². The number of rotatable bonds is 6. The molecule has 1 rings (SSSR count). The van der Waals surface area contributed by atoms with Crippen LogP contribution in [-0.2, 0) is 11.3 Å². The van der Waals surface area contributed by atoms with E-state index >= 15 is 0 Å². The van der Waals surface area contributed by atoms with Crippen LogP contribution in [0.4, 0.5) is 13.2 Å². The van der Waals surface area contributed by atoms with Crippen molar-refractivity contribution >= 4 is 17.7 Å². The van der Waals surface area contributed by atoms with Gasteiger partial charge in [-0.05, 0) is 5.92 Å². The van der Waals surface area contributed by atoms with E-state index in [0.29, 0.717) is 10.9 Å². The molecule has 19 heavy (non-hydrogen) atoms. The maximum atomic E-state index is 12.3. The van der Waals surface area contributed by atoms with Gasteiger partial charge in [0.25, 0.3) is 0 Å². The lowest BCUT2D eigenvalue weighted by Crippen LogP contribution is -2.15. The number of aliphatic carboxylic acids is 1. The first kappa shape index (κ1) is 15.9. The van der Waals surface area contributed by atoms with Crippen LogP contribution in [0.15, 0.2) is 11.4 Å². The first-order valence-electron chi connectivity index (χ1n) is 5.67. The highest BCUT2D eigenvalue weighted by Crippen LogP contribution is 2.27. The summed E-state index contributed by atoms with van der Waals surface area (Å²) in [6, 6.07) is 0. The number of alkyl halides is 3. The third-order valence-corrected chi connectivity index (χ3v) is 3.36. The summed E-state index contributed by atoms with van der Waals surface area (Å²) in [6.45, 7) is 3.47. The van der Waals surface area contributed by atoms with E-state index in [4.69, 9.17) is 5.11 Å². The molecule has 1 N–H and O–H groups in total. The molecule has 0 radical (unpaired) electrons. The fraction of sp³-hybridized carbons (Fsp3) is 0.636. The average molecular weight is 296 g/mol. The number of nitrogens with zero attached hydrogens (tertiary/aromatic N) is 2. The SMILES string of the molecule is CC(C)c1cnc(SCC(=O)O)n1CCC(F)(F)F. The fourth-order valence-electron chi connectivity index (χ4n) is 1.54. The second-order valence-corrected chi connectivity index (χ2v) is 5.26. The van der Waals surface area contributed by atoms with Gasteiger partial charge in [-0.3, -0.25) is 4.79 Å². The molecule has 0 saturated heterocycles. The van der Waals surface area contributed by atoms with Gasteiger partial charge in [0.1, 0.15) is 0 Å². The van der Waals surface area contributed by atoms with Gasteiger partial charge in [0.2, 0.25) is 0 Å². The van der Waals surface area contributed by atoms with Crippen molar-refractivity contribution in [3.8, 4) is 0 Å². The standard InChI is InChI=1S/C11H15F3N2O2S/c1-7(2)8-5-15-10(19-6-9(17)18)16(8)4-3-11(12,13)14/h5,7H,3-4,6H2,1-2H3,(H,17,18). The van der Waals surface area contributed by atoms with Crippen LogP contribution in [0.25, 0.3) is 0 Å². The molecular weight excluding hydrogens is 281 g/mol. The van der Waals surface area contributed by atoms with E-state index in [1.165, 1.54) is 10.8 Å². The normalized spacial score (nSPS) is 12.1. The van der Waals surface area contributed by atoms with Crippen LogP contribution in [0.5, 0.6) is 0 Å². The van der Waals surface area contributed by atoms with Crippen molar-refractivity contribution in [1.29, 1.82) is 0 Å². The van der Waals surface area contributed by atoms with Crippen molar-refractivity contribution < 1.29 is 23.1 Å². The number of hydrogen-bond donors (Lipinski definition) is 1. The summed E-state index contributed by atoms with van der Waals surface area (Å²) in [6.07, 6.45) is -3.69. The van der Waals surface area contributed by atoms with Gasteiger partial charge in [0.15, 0.2) is 5.16 Å². The number of carboxylic acid groups (broad SMARTS) is 1. The van der Waals surface area contributed by atoms with Crippen LogP contribution < -0.4 is 0 Å². The number of imidazole rings is 1. The van der Waals surface area contributed by atoms with Crippen molar-refractivity contribution in [3.63, 3.8) is 0 Å². The third kappa shape index (κ3) is 5.14. The zero-order chi connectivity index (χ0) is 14.6. The number of thioether (sulfide) groups is 1. The molecule has 4 nitrogen and oxygen atoms in total. The zero-order valence-electron chi connectivity index (χ0n) is 10.6. The highest BCUT2D eigenvalue weighted by atomic mass is 32.2. The van der Waals surface area contributed by atoms with E-state index in [0.717, 1.165) is 11.8 Å². The zero-order valence-corrected chi connectivity index (χ0v) is 11.4. The Bertz CT molecular complexity index is 444. The minimum atomic E-state index is -4.24. The molecule has 8 heteroatoms. The number of aromatic nitrogens is 2. The Labute approximate surface area is 113 Å². The Balaban J connectivity index is 2.88. The maximum Gasteiger partial charge on any atom is 0.390 e. The topological polar surface area (TPSA) is 55.1 Å². The minimum absolute atomic E-state index is 0.0277. The second kappa shape index (κ2) is 6.31. The van der Waals surface area contributed by atoms with Gasteiger partial charge in [-0.15, -0.1) is 0 Å². The average Bonchev–Trinajstić information content (AvgIpc) is 2.65. The minimum Gasteiger partial charge on any atom is -0.481 e. The molecule has 1 heterocycles. The second-order valence-electron chi connectivity index (χ2n) is 4.32. The fourth-order valence-corrected chi connectivity index (χ4v) is 2.27. The number of carboxylic acids is 1. The molecule has 0 fully saturated rings. The van der Waals surface area contributed by atoms with Crippen molar-refractivity contribution in [2.75, 3.05) is 5.75 Å². The van der Waals surface area contributed by atoms with Gasteiger partial charge in [0.05, 0.1) is 12.2 Å². The van der Waals surface area contributed by atoms with Gasteiger partial charge in [0, 0.05) is 18.4 Å². The van der Waals surface area contributed by atoms with E-state index in [1.807, 2.05) is 13.8 Å². The third-order valence-electron chi connectivity index (χ3n) is 2.38. The summed E-state index contributed by atoms with van der Waals surface area (Å²) >= 11 is 0.929. The molecule has 0 spiro atoms. The molecule has 0 bridgehead atoms. The molecule has 0 aliphatic heterocycles. The predicted molar refractivity (Wildman–Crippen MR) is 65.3 cm³/mol. The Kier molecular flexibility index (Phi) is 5.28. The lowest BCUT2D eigenvalue weighted by Gasteiger charge is -2.14. The number of carbonyl (C=O) groups is 1. The monoisotopic (exact) mass is 296 g/mol. The van der Waals surface area contributed by atoms with Gasteiger partial charge < -0.3 is 9.67 Å². The first-order valence-corrected chi connectivity index (χ1v) is 6.66. The molecular formula is C11H15F3N2O2S. The van der Waals surface area contributed by atoms with E-state index in [-0.39, 0.29) is 18.2 Å². The maximum absolute atomic E-state index is 12.3. The van der Waals surface area contributed by atoms with Gasteiger partial charge >= 0.3 is 12.1 Å². The van der Waals surface area contributed by atoms with Crippen LogP contribution >= 0.6 is 11.8 Å². The van der Waals surface area contributed by atoms with Crippen molar-refractivity contribution in [1.82, 2.24) is 9.55 Å². The molecule has 0 amide bonds. The smallest absolute Gasteiger partial charge is 0.390 e. The molecule has 0 aromatic carbocycles. The van der Waals surface area contributed by atoms with E-state index in [9.17, 15) is 18.0 Å². The Morgan fingerprint density at radius 3 is 2.63 bits per heavy atom. The lowest BCUT2D eigenvalue weighted by atomic mass is 10.1. The van der Waals surface area contributed by atoms with Crippen LogP contribution in [0.1, 0.15) is 31.9 Å². The molecule has 108 valence electrons. The lowest BCUT2D eigenvalue weighted by molar-refractivity contribution is -0.137. The first-order chi connectivity index (χ1) is 8.70. The van der Waals surface area contributed by atoms with Crippen molar-refractivity contribution in [2.24, 2.45) is 0 Å². The Morgan fingerprint density at radius 1 is 1.53 bits per heavy atom. The Hall–Kier alpha value is -1.18. The molecule has 0 atom stereocenters. The molecule has 0 saturated carbocycles. The van der Waals surface area contributed by atoms with E-state index in [1.54, 1.807) is 0 Å². The molecule has 0 aliphatic rings. The molecule has 1 aromatic heterocycles. The highest BCUT2D eigenvalue weighted by molar-refractivity contribution is 7.99. The summed E-state index contributed by atoms with van der Waals surface area (Å²) < 4.78 is 38.3. The van der Waals surface area contributed by atoms with Gasteiger partial charge in [-0.2, -0.15) is 13.2 Å². The molecule has 1 aromatic rings. The number of hydrogen-bond acceptors (Lipinski definition) is 3. The molecule has 0 aliphatic carbocycles. The quantitative estimate of drug-likeness (QED) is 0.819. The summed E-state index contributed by atoms with van der Waals surface area (Å²) in [5, 5.41) is 8.92. The largest absolute Gasteiger partial charge is 0.481 e. The van der Waals surface area contributed by atoms with Crippen LogP contribution in [0.2, 0.25) is 0 Å². The summed E-state index contributed by atoms with van der Waals surface area (Å²) in [5.74, 6) is -1.22. The summed E-state index contributed by atoms with van der Waals surface area (Å²) in [4.78, 5) is 14.5.